The van der Waals surface area contributed by atoms with Gasteiger partial charge in [-0.2, -0.15) is 11.8 Å². The van der Waals surface area contributed by atoms with Gasteiger partial charge in [0.15, 0.2) is 0 Å². The lowest BCUT2D eigenvalue weighted by atomic mass is 10.1. The maximum absolute atomic E-state index is 11.6. The summed E-state index contributed by atoms with van der Waals surface area (Å²) in [4.78, 5) is 13.5. The Morgan fingerprint density at radius 2 is 2.16 bits per heavy atom. The van der Waals surface area contributed by atoms with Crippen molar-refractivity contribution in [2.45, 2.75) is 23.8 Å². The number of amides is 1. The van der Waals surface area contributed by atoms with Crippen molar-refractivity contribution < 1.29 is 4.79 Å². The molecule has 1 heterocycles. The van der Waals surface area contributed by atoms with E-state index in [0.29, 0.717) is 5.25 Å². The van der Waals surface area contributed by atoms with E-state index in [1.807, 2.05) is 28.8 Å². The Hall–Kier alpha value is -0.710. The summed E-state index contributed by atoms with van der Waals surface area (Å²) in [5, 5.41) is 1.28. The van der Waals surface area contributed by atoms with E-state index in [9.17, 15) is 4.79 Å². The van der Waals surface area contributed by atoms with Crippen molar-refractivity contribution in [2.75, 3.05) is 19.6 Å². The minimum atomic E-state index is 0.0665. The van der Waals surface area contributed by atoms with Gasteiger partial charge < -0.3 is 10.6 Å². The molecule has 0 radical (unpaired) electrons. The summed E-state index contributed by atoms with van der Waals surface area (Å²) in [5.41, 5.74) is 6.69. The molecule has 1 aromatic carbocycles. The summed E-state index contributed by atoms with van der Waals surface area (Å²) < 4.78 is 0. The molecule has 0 bridgehead atoms. The van der Waals surface area contributed by atoms with E-state index in [-0.39, 0.29) is 12.5 Å². The second-order valence-electron chi connectivity index (χ2n) is 4.75. The van der Waals surface area contributed by atoms with Crippen molar-refractivity contribution in [3.63, 3.8) is 0 Å². The number of nitrogens with two attached hydrogens (primary N) is 1. The predicted octanol–water partition coefficient (Wildman–Crippen LogP) is 2.52. The Morgan fingerprint density at radius 1 is 1.42 bits per heavy atom. The van der Waals surface area contributed by atoms with Crippen LogP contribution in [0.2, 0.25) is 5.02 Å². The first-order valence-electron chi connectivity index (χ1n) is 6.53. The van der Waals surface area contributed by atoms with E-state index in [1.165, 1.54) is 12.0 Å². The zero-order chi connectivity index (χ0) is 13.7. The Bertz CT molecular complexity index is 424. The Labute approximate surface area is 123 Å². The third-order valence-electron chi connectivity index (χ3n) is 3.30. The number of likely N-dealkylation sites (tertiary alicyclic amines) is 1. The van der Waals surface area contributed by atoms with Gasteiger partial charge in [-0.05, 0) is 30.5 Å². The number of carbonyl (C=O) groups is 1. The minimum absolute atomic E-state index is 0.0665. The van der Waals surface area contributed by atoms with E-state index < -0.39 is 0 Å². The van der Waals surface area contributed by atoms with Crippen LogP contribution in [0.25, 0.3) is 0 Å². The van der Waals surface area contributed by atoms with E-state index in [2.05, 4.69) is 12.1 Å². The van der Waals surface area contributed by atoms with Crippen molar-refractivity contribution in [2.24, 2.45) is 5.73 Å². The average molecular weight is 299 g/mol. The number of carbonyl (C=O) groups excluding carboxylic acids is 1. The molecule has 1 fully saturated rings. The van der Waals surface area contributed by atoms with Gasteiger partial charge in [-0.1, -0.05) is 23.7 Å². The van der Waals surface area contributed by atoms with Crippen LogP contribution >= 0.6 is 23.4 Å². The van der Waals surface area contributed by atoms with E-state index >= 15 is 0 Å². The van der Waals surface area contributed by atoms with Crippen LogP contribution in [-0.2, 0) is 10.5 Å². The SMILES string of the molecule is NCC(=O)N1CCCC(SCc2ccc(Cl)cc2)C1. The van der Waals surface area contributed by atoms with Gasteiger partial charge in [-0.15, -0.1) is 0 Å². The Kier molecular flexibility index (Phi) is 5.55. The van der Waals surface area contributed by atoms with E-state index in [1.54, 1.807) is 0 Å². The summed E-state index contributed by atoms with van der Waals surface area (Å²) in [6.45, 7) is 1.80. The number of hydrogen-bond donors (Lipinski definition) is 1. The number of nitrogens with zero attached hydrogens (tertiary/aromatic N) is 1. The molecule has 1 aromatic rings. The van der Waals surface area contributed by atoms with Gasteiger partial charge in [0.1, 0.15) is 0 Å². The van der Waals surface area contributed by atoms with Crippen molar-refractivity contribution >= 4 is 29.3 Å². The van der Waals surface area contributed by atoms with Gasteiger partial charge in [0.25, 0.3) is 0 Å². The van der Waals surface area contributed by atoms with Crippen LogP contribution in [0.15, 0.2) is 24.3 Å². The van der Waals surface area contributed by atoms with Crippen LogP contribution in [-0.4, -0.2) is 35.7 Å². The fourth-order valence-corrected chi connectivity index (χ4v) is 3.59. The summed E-state index contributed by atoms with van der Waals surface area (Å²) in [7, 11) is 0. The van der Waals surface area contributed by atoms with Crippen molar-refractivity contribution in [3.05, 3.63) is 34.9 Å². The van der Waals surface area contributed by atoms with Crippen molar-refractivity contribution in [1.82, 2.24) is 4.90 Å². The summed E-state index contributed by atoms with van der Waals surface area (Å²) in [6.07, 6.45) is 2.25. The van der Waals surface area contributed by atoms with Gasteiger partial charge in [-0.3, -0.25) is 4.79 Å². The van der Waals surface area contributed by atoms with Crippen LogP contribution < -0.4 is 5.73 Å². The largest absolute Gasteiger partial charge is 0.340 e. The smallest absolute Gasteiger partial charge is 0.236 e. The van der Waals surface area contributed by atoms with Crippen LogP contribution in [0.3, 0.4) is 0 Å². The number of thioether (sulfide) groups is 1. The van der Waals surface area contributed by atoms with Crippen LogP contribution in [0.4, 0.5) is 0 Å². The molecule has 1 aliphatic heterocycles. The van der Waals surface area contributed by atoms with E-state index in [0.717, 1.165) is 30.3 Å². The number of hydrogen-bond acceptors (Lipinski definition) is 3. The third-order valence-corrected chi connectivity index (χ3v) is 4.91. The monoisotopic (exact) mass is 298 g/mol. The first-order valence-corrected chi connectivity index (χ1v) is 7.95. The lowest BCUT2D eigenvalue weighted by Crippen LogP contribution is -2.43. The Morgan fingerprint density at radius 3 is 2.84 bits per heavy atom. The fourth-order valence-electron chi connectivity index (χ4n) is 2.22. The normalized spacial score (nSPS) is 19.5. The maximum atomic E-state index is 11.6. The molecule has 3 nitrogen and oxygen atoms in total. The zero-order valence-electron chi connectivity index (χ0n) is 10.8. The number of piperidine rings is 1. The second-order valence-corrected chi connectivity index (χ2v) is 6.47. The summed E-state index contributed by atoms with van der Waals surface area (Å²) >= 11 is 7.78. The molecule has 1 unspecified atom stereocenters. The van der Waals surface area contributed by atoms with E-state index in [4.69, 9.17) is 17.3 Å². The predicted molar refractivity (Wildman–Crippen MR) is 81.4 cm³/mol. The highest BCUT2D eigenvalue weighted by Crippen LogP contribution is 2.26. The molecule has 2 rings (SSSR count). The molecule has 104 valence electrons. The highest BCUT2D eigenvalue weighted by Gasteiger charge is 2.22. The zero-order valence-corrected chi connectivity index (χ0v) is 12.4. The Balaban J connectivity index is 1.82. The van der Waals surface area contributed by atoms with Crippen molar-refractivity contribution in [3.8, 4) is 0 Å². The number of halogens is 1. The second kappa shape index (κ2) is 7.17. The van der Waals surface area contributed by atoms with Crippen LogP contribution in [0.5, 0.6) is 0 Å². The van der Waals surface area contributed by atoms with Crippen LogP contribution in [0, 0.1) is 0 Å². The molecule has 0 aromatic heterocycles. The molecular formula is C14H19ClN2OS. The van der Waals surface area contributed by atoms with Gasteiger partial charge in [0, 0.05) is 29.1 Å². The third kappa shape index (κ3) is 4.41. The molecule has 1 saturated heterocycles. The van der Waals surface area contributed by atoms with Gasteiger partial charge in [0.2, 0.25) is 5.91 Å². The minimum Gasteiger partial charge on any atom is -0.340 e. The molecule has 0 spiro atoms. The summed E-state index contributed by atoms with van der Waals surface area (Å²) in [6, 6.07) is 7.95. The quantitative estimate of drug-likeness (QED) is 0.929. The molecule has 19 heavy (non-hydrogen) atoms. The van der Waals surface area contributed by atoms with Gasteiger partial charge in [0.05, 0.1) is 6.54 Å². The molecule has 2 N–H and O–H groups in total. The average Bonchev–Trinajstić information content (AvgIpc) is 2.46. The molecule has 0 aliphatic carbocycles. The van der Waals surface area contributed by atoms with Crippen molar-refractivity contribution in [1.29, 1.82) is 0 Å². The molecule has 1 aliphatic rings. The van der Waals surface area contributed by atoms with Gasteiger partial charge in [-0.25, -0.2) is 0 Å². The molecule has 1 amide bonds. The number of rotatable bonds is 4. The lowest BCUT2D eigenvalue weighted by Gasteiger charge is -2.32. The lowest BCUT2D eigenvalue weighted by molar-refractivity contribution is -0.130. The van der Waals surface area contributed by atoms with Crippen LogP contribution in [0.1, 0.15) is 18.4 Å². The first-order chi connectivity index (χ1) is 9.19. The van der Waals surface area contributed by atoms with Gasteiger partial charge >= 0.3 is 0 Å². The highest BCUT2D eigenvalue weighted by atomic mass is 35.5. The molecular weight excluding hydrogens is 280 g/mol. The summed E-state index contributed by atoms with van der Waals surface area (Å²) in [5.74, 6) is 1.03. The maximum Gasteiger partial charge on any atom is 0.236 e. The molecule has 1 atom stereocenters. The number of benzene rings is 1. The molecule has 0 saturated carbocycles. The first kappa shape index (κ1) is 14.7. The highest BCUT2D eigenvalue weighted by molar-refractivity contribution is 7.99. The standard InChI is InChI=1S/C14H19ClN2OS/c15-12-5-3-11(4-6-12)10-19-13-2-1-7-17(9-13)14(18)8-16/h3-6,13H,1-2,7-10,16H2. The topological polar surface area (TPSA) is 46.3 Å². The fraction of sp³-hybridized carbons (Fsp3) is 0.500. The molecule has 5 heteroatoms.